The van der Waals surface area contributed by atoms with Crippen molar-refractivity contribution in [1.82, 2.24) is 4.98 Å². The maximum atomic E-state index is 5.82. The molecule has 4 nitrogen and oxygen atoms in total. The van der Waals surface area contributed by atoms with E-state index in [9.17, 15) is 0 Å². The van der Waals surface area contributed by atoms with E-state index in [-0.39, 0.29) is 0 Å². The molecule has 0 amide bonds. The number of aromatic nitrogens is 1. The molecular weight excluding hydrogens is 214 g/mol. The van der Waals surface area contributed by atoms with Crippen molar-refractivity contribution < 1.29 is 4.74 Å². The molecule has 0 fully saturated rings. The van der Waals surface area contributed by atoms with Gasteiger partial charge in [-0.2, -0.15) is 4.98 Å². The number of nitrogens with zero attached hydrogens (tertiary/aromatic N) is 1. The van der Waals surface area contributed by atoms with Gasteiger partial charge in [0.25, 0.3) is 0 Å². The molecule has 3 N–H and O–H groups in total. The fourth-order valence-corrected chi connectivity index (χ4v) is 1.25. The van der Waals surface area contributed by atoms with Crippen LogP contribution in [0.25, 0.3) is 0 Å². The van der Waals surface area contributed by atoms with Gasteiger partial charge in [-0.15, -0.1) is 0 Å². The highest BCUT2D eigenvalue weighted by Crippen LogP contribution is 2.21. The van der Waals surface area contributed by atoms with E-state index in [1.807, 2.05) is 12.1 Å². The Labute approximate surface area is 104 Å². The van der Waals surface area contributed by atoms with E-state index in [4.69, 9.17) is 10.5 Å². The maximum Gasteiger partial charge on any atom is 0.239 e. The predicted molar refractivity (Wildman–Crippen MR) is 72.4 cm³/mol. The Morgan fingerprint density at radius 1 is 1.35 bits per heavy atom. The third-order valence-corrected chi connectivity index (χ3v) is 2.45. The Bertz CT molecular complexity index is 353. The van der Waals surface area contributed by atoms with Gasteiger partial charge in [-0.3, -0.25) is 0 Å². The van der Waals surface area contributed by atoms with Crippen LogP contribution in [0, 0.1) is 5.92 Å². The van der Waals surface area contributed by atoms with Gasteiger partial charge in [0.05, 0.1) is 12.3 Å². The van der Waals surface area contributed by atoms with E-state index in [0.717, 1.165) is 12.2 Å². The number of nitrogens with two attached hydrogens (primary N) is 1. The second-order valence-electron chi connectivity index (χ2n) is 4.75. The minimum Gasteiger partial charge on any atom is -0.476 e. The van der Waals surface area contributed by atoms with Crippen molar-refractivity contribution in [2.45, 2.75) is 40.2 Å². The largest absolute Gasteiger partial charge is 0.476 e. The van der Waals surface area contributed by atoms with Gasteiger partial charge in [0.1, 0.15) is 5.82 Å². The van der Waals surface area contributed by atoms with Crippen LogP contribution in [0.15, 0.2) is 12.1 Å². The average Bonchev–Trinajstić information content (AvgIpc) is 2.29. The Hall–Kier alpha value is -1.45. The summed E-state index contributed by atoms with van der Waals surface area (Å²) in [6.45, 7) is 9.07. The zero-order chi connectivity index (χ0) is 12.8. The molecule has 1 rings (SSSR count). The number of nitrogens with one attached hydrogen (secondary N) is 1. The Balaban J connectivity index is 2.72. The third-order valence-electron chi connectivity index (χ3n) is 2.45. The number of rotatable bonds is 6. The summed E-state index contributed by atoms with van der Waals surface area (Å²) in [6, 6.07) is 4.10. The zero-order valence-electron chi connectivity index (χ0n) is 11.2. The zero-order valence-corrected chi connectivity index (χ0v) is 11.2. The molecule has 1 aromatic heterocycles. The second kappa shape index (κ2) is 6.33. The van der Waals surface area contributed by atoms with Gasteiger partial charge in [0.2, 0.25) is 5.88 Å². The number of hydrogen-bond donors (Lipinski definition) is 2. The molecule has 0 aliphatic rings. The van der Waals surface area contributed by atoms with Crippen LogP contribution in [0.3, 0.4) is 0 Å². The standard InChI is InChI=1S/C13H23N3O/c1-5-10(4)15-12-7-6-11(14)13(16-12)17-8-9(2)3/h6-7,9-10H,5,8,14H2,1-4H3,(H,15,16). The molecule has 0 bridgehead atoms. The van der Waals surface area contributed by atoms with E-state index in [1.165, 1.54) is 0 Å². The monoisotopic (exact) mass is 237 g/mol. The lowest BCUT2D eigenvalue weighted by atomic mass is 10.2. The first kappa shape index (κ1) is 13.6. The summed E-state index contributed by atoms with van der Waals surface area (Å²) in [5.74, 6) is 1.79. The van der Waals surface area contributed by atoms with E-state index in [2.05, 4.69) is 38.0 Å². The molecule has 1 aromatic rings. The molecule has 0 aromatic carbocycles. The van der Waals surface area contributed by atoms with Crippen molar-refractivity contribution in [2.75, 3.05) is 17.7 Å². The number of pyridine rings is 1. The molecule has 96 valence electrons. The number of anilines is 2. The minimum absolute atomic E-state index is 0.393. The molecule has 0 radical (unpaired) electrons. The topological polar surface area (TPSA) is 60.2 Å². The van der Waals surface area contributed by atoms with Crippen molar-refractivity contribution >= 4 is 11.5 Å². The molecule has 0 aliphatic heterocycles. The SMILES string of the molecule is CCC(C)Nc1ccc(N)c(OCC(C)C)n1. The Kier molecular flexibility index (Phi) is 5.07. The average molecular weight is 237 g/mol. The van der Waals surface area contributed by atoms with E-state index in [0.29, 0.717) is 30.1 Å². The van der Waals surface area contributed by atoms with E-state index < -0.39 is 0 Å². The molecule has 17 heavy (non-hydrogen) atoms. The van der Waals surface area contributed by atoms with Crippen molar-refractivity contribution in [2.24, 2.45) is 5.92 Å². The summed E-state index contributed by atoms with van der Waals surface area (Å²) in [5, 5.41) is 3.30. The van der Waals surface area contributed by atoms with Gasteiger partial charge in [-0.25, -0.2) is 0 Å². The summed E-state index contributed by atoms with van der Waals surface area (Å²) in [4.78, 5) is 4.37. The number of nitrogen functional groups attached to an aromatic ring is 1. The summed E-state index contributed by atoms with van der Waals surface area (Å²) < 4.78 is 5.58. The molecular formula is C13H23N3O. The molecule has 0 saturated heterocycles. The van der Waals surface area contributed by atoms with Crippen LogP contribution in [0.1, 0.15) is 34.1 Å². The van der Waals surface area contributed by atoms with E-state index in [1.54, 1.807) is 0 Å². The minimum atomic E-state index is 0.393. The molecule has 0 spiro atoms. The van der Waals surface area contributed by atoms with Crippen LogP contribution in [0.4, 0.5) is 11.5 Å². The van der Waals surface area contributed by atoms with Crippen LogP contribution in [0.2, 0.25) is 0 Å². The maximum absolute atomic E-state index is 5.82. The first-order valence-electron chi connectivity index (χ1n) is 6.18. The summed E-state index contributed by atoms with van der Waals surface area (Å²) in [6.07, 6.45) is 1.05. The van der Waals surface area contributed by atoms with Gasteiger partial charge in [-0.05, 0) is 31.4 Å². The molecule has 0 aliphatic carbocycles. The summed E-state index contributed by atoms with van der Waals surface area (Å²) >= 11 is 0. The van der Waals surface area contributed by atoms with Crippen LogP contribution >= 0.6 is 0 Å². The van der Waals surface area contributed by atoms with Crippen LogP contribution in [-0.2, 0) is 0 Å². The number of ether oxygens (including phenoxy) is 1. The molecule has 1 unspecified atom stereocenters. The van der Waals surface area contributed by atoms with E-state index >= 15 is 0 Å². The van der Waals surface area contributed by atoms with Crippen molar-refractivity contribution in [3.05, 3.63) is 12.1 Å². The fourth-order valence-electron chi connectivity index (χ4n) is 1.25. The molecule has 1 heterocycles. The highest BCUT2D eigenvalue weighted by atomic mass is 16.5. The normalized spacial score (nSPS) is 12.5. The smallest absolute Gasteiger partial charge is 0.239 e. The lowest BCUT2D eigenvalue weighted by molar-refractivity contribution is 0.263. The van der Waals surface area contributed by atoms with Gasteiger partial charge < -0.3 is 15.8 Å². The van der Waals surface area contributed by atoms with Gasteiger partial charge >= 0.3 is 0 Å². The van der Waals surface area contributed by atoms with Crippen LogP contribution < -0.4 is 15.8 Å². The molecule has 0 saturated carbocycles. The van der Waals surface area contributed by atoms with Crippen molar-refractivity contribution in [3.8, 4) is 5.88 Å². The molecule has 1 atom stereocenters. The quantitative estimate of drug-likeness (QED) is 0.798. The lowest BCUT2D eigenvalue weighted by Crippen LogP contribution is -2.15. The lowest BCUT2D eigenvalue weighted by Gasteiger charge is -2.15. The predicted octanol–water partition coefficient (Wildman–Crippen LogP) is 2.91. The Morgan fingerprint density at radius 2 is 2.06 bits per heavy atom. The third kappa shape index (κ3) is 4.51. The Morgan fingerprint density at radius 3 is 2.65 bits per heavy atom. The molecule has 4 heteroatoms. The van der Waals surface area contributed by atoms with Crippen LogP contribution in [0.5, 0.6) is 5.88 Å². The number of hydrogen-bond acceptors (Lipinski definition) is 4. The van der Waals surface area contributed by atoms with Crippen LogP contribution in [-0.4, -0.2) is 17.6 Å². The second-order valence-corrected chi connectivity index (χ2v) is 4.75. The fraction of sp³-hybridized carbons (Fsp3) is 0.615. The highest BCUT2D eigenvalue weighted by molar-refractivity contribution is 5.53. The summed E-state index contributed by atoms with van der Waals surface area (Å²) in [5.41, 5.74) is 6.41. The first-order chi connectivity index (χ1) is 8.02. The van der Waals surface area contributed by atoms with Crippen molar-refractivity contribution in [3.63, 3.8) is 0 Å². The van der Waals surface area contributed by atoms with Crippen molar-refractivity contribution in [1.29, 1.82) is 0 Å². The van der Waals surface area contributed by atoms with Gasteiger partial charge in [0, 0.05) is 6.04 Å². The highest BCUT2D eigenvalue weighted by Gasteiger charge is 2.07. The van der Waals surface area contributed by atoms with Gasteiger partial charge in [0.15, 0.2) is 0 Å². The van der Waals surface area contributed by atoms with Gasteiger partial charge in [-0.1, -0.05) is 20.8 Å². The first-order valence-corrected chi connectivity index (χ1v) is 6.18. The summed E-state index contributed by atoms with van der Waals surface area (Å²) in [7, 11) is 0.